The van der Waals surface area contributed by atoms with Crippen molar-refractivity contribution in [2.24, 2.45) is 5.92 Å². The number of rotatable bonds is 4. The molecule has 23 heavy (non-hydrogen) atoms. The Labute approximate surface area is 136 Å². The van der Waals surface area contributed by atoms with E-state index in [-0.39, 0.29) is 24.4 Å². The van der Waals surface area contributed by atoms with Gasteiger partial charge in [0.05, 0.1) is 19.1 Å². The largest absolute Gasteiger partial charge is 0.497 e. The number of carbonyl (C=O) groups is 2. The topological polar surface area (TPSA) is 66.8 Å². The molecular weight excluding hydrogens is 294 g/mol. The monoisotopic (exact) mass is 317 g/mol. The third kappa shape index (κ3) is 3.05. The third-order valence-corrected chi connectivity index (χ3v) is 5.11. The number of benzene rings is 1. The number of methoxy groups -OCH3 is 1. The van der Waals surface area contributed by atoms with E-state index >= 15 is 0 Å². The first-order chi connectivity index (χ1) is 11.1. The van der Waals surface area contributed by atoms with E-state index in [1.54, 1.807) is 7.11 Å². The van der Waals surface area contributed by atoms with E-state index in [2.05, 4.69) is 0 Å². The molecule has 124 valence electrons. The molecule has 1 saturated carbocycles. The molecule has 5 heteroatoms. The van der Waals surface area contributed by atoms with Gasteiger partial charge in [0.2, 0.25) is 5.91 Å². The van der Waals surface area contributed by atoms with Crippen molar-refractivity contribution < 1.29 is 19.4 Å². The quantitative estimate of drug-likeness (QED) is 0.927. The lowest BCUT2D eigenvalue weighted by Gasteiger charge is -2.37. The number of hydrogen-bond acceptors (Lipinski definition) is 3. The van der Waals surface area contributed by atoms with Crippen LogP contribution in [0.4, 0.5) is 0 Å². The number of carboxylic acids is 1. The van der Waals surface area contributed by atoms with Crippen LogP contribution in [-0.4, -0.2) is 35.0 Å². The maximum Gasteiger partial charge on any atom is 0.309 e. The van der Waals surface area contributed by atoms with Crippen molar-refractivity contribution >= 4 is 11.9 Å². The SMILES string of the molecule is COc1ccc([C@H]2[C@H](C(=O)O)CC(=O)N2C2CCCCC2)cc1. The van der Waals surface area contributed by atoms with Gasteiger partial charge < -0.3 is 14.7 Å². The number of ether oxygens (including phenoxy) is 1. The molecule has 0 radical (unpaired) electrons. The predicted octanol–water partition coefficient (Wildman–Crippen LogP) is 3.00. The molecule has 1 saturated heterocycles. The van der Waals surface area contributed by atoms with Crippen molar-refractivity contribution in [1.82, 2.24) is 4.90 Å². The Bertz CT molecular complexity index is 577. The van der Waals surface area contributed by atoms with Gasteiger partial charge >= 0.3 is 5.97 Å². The average Bonchev–Trinajstić information content (AvgIpc) is 2.93. The van der Waals surface area contributed by atoms with E-state index in [4.69, 9.17) is 4.74 Å². The summed E-state index contributed by atoms with van der Waals surface area (Å²) >= 11 is 0. The third-order valence-electron chi connectivity index (χ3n) is 5.11. The fourth-order valence-electron chi connectivity index (χ4n) is 3.96. The molecule has 1 N–H and O–H groups in total. The lowest BCUT2D eigenvalue weighted by molar-refractivity contribution is -0.142. The maximum atomic E-state index is 12.5. The summed E-state index contributed by atoms with van der Waals surface area (Å²) in [4.78, 5) is 26.1. The molecular formula is C18H23NO4. The highest BCUT2D eigenvalue weighted by Gasteiger charge is 2.47. The van der Waals surface area contributed by atoms with Crippen molar-refractivity contribution in [2.45, 2.75) is 50.6 Å². The Morgan fingerprint density at radius 3 is 2.39 bits per heavy atom. The van der Waals surface area contributed by atoms with Crippen molar-refractivity contribution in [1.29, 1.82) is 0 Å². The minimum absolute atomic E-state index is 0.0230. The first-order valence-corrected chi connectivity index (χ1v) is 8.29. The van der Waals surface area contributed by atoms with Crippen molar-refractivity contribution in [3.8, 4) is 5.75 Å². The lowest BCUT2D eigenvalue weighted by Crippen LogP contribution is -2.40. The number of carbonyl (C=O) groups excluding carboxylic acids is 1. The molecule has 0 unspecified atom stereocenters. The summed E-state index contributed by atoms with van der Waals surface area (Å²) < 4.78 is 5.17. The van der Waals surface area contributed by atoms with E-state index in [0.29, 0.717) is 0 Å². The molecule has 1 aromatic carbocycles. The van der Waals surface area contributed by atoms with Crippen LogP contribution in [0.15, 0.2) is 24.3 Å². The Morgan fingerprint density at radius 2 is 1.83 bits per heavy atom. The van der Waals surface area contributed by atoms with Crippen LogP contribution < -0.4 is 4.74 Å². The smallest absolute Gasteiger partial charge is 0.309 e. The van der Waals surface area contributed by atoms with Gasteiger partial charge in [0, 0.05) is 12.5 Å². The van der Waals surface area contributed by atoms with Crippen LogP contribution in [-0.2, 0) is 9.59 Å². The highest BCUT2D eigenvalue weighted by Crippen LogP contribution is 2.42. The van der Waals surface area contributed by atoms with Crippen LogP contribution in [0.2, 0.25) is 0 Å². The zero-order chi connectivity index (χ0) is 16.4. The lowest BCUT2D eigenvalue weighted by atomic mass is 9.90. The summed E-state index contributed by atoms with van der Waals surface area (Å²) in [7, 11) is 1.60. The Kier molecular flexibility index (Phi) is 4.55. The van der Waals surface area contributed by atoms with E-state index in [1.807, 2.05) is 29.2 Å². The average molecular weight is 317 g/mol. The highest BCUT2D eigenvalue weighted by atomic mass is 16.5. The number of amides is 1. The molecule has 1 aromatic rings. The fourth-order valence-corrected chi connectivity index (χ4v) is 3.96. The van der Waals surface area contributed by atoms with Gasteiger partial charge in [0.25, 0.3) is 0 Å². The molecule has 2 atom stereocenters. The molecule has 2 aliphatic rings. The van der Waals surface area contributed by atoms with Crippen LogP contribution in [0.5, 0.6) is 5.75 Å². The van der Waals surface area contributed by atoms with E-state index in [0.717, 1.165) is 37.0 Å². The van der Waals surface area contributed by atoms with E-state index in [9.17, 15) is 14.7 Å². The summed E-state index contributed by atoms with van der Waals surface area (Å²) in [6.07, 6.45) is 5.48. The van der Waals surface area contributed by atoms with E-state index in [1.165, 1.54) is 6.42 Å². The number of aliphatic carboxylic acids is 1. The predicted molar refractivity (Wildman–Crippen MR) is 85.2 cm³/mol. The second kappa shape index (κ2) is 6.60. The van der Waals surface area contributed by atoms with Crippen LogP contribution >= 0.6 is 0 Å². The van der Waals surface area contributed by atoms with Gasteiger partial charge in [-0.05, 0) is 30.5 Å². The number of nitrogens with zero attached hydrogens (tertiary/aromatic N) is 1. The van der Waals surface area contributed by atoms with E-state index < -0.39 is 11.9 Å². The molecule has 0 aromatic heterocycles. The minimum Gasteiger partial charge on any atom is -0.497 e. The standard InChI is InChI=1S/C18H23NO4/c1-23-14-9-7-12(8-10-14)17-15(18(21)22)11-16(20)19(17)13-5-3-2-4-6-13/h7-10,13,15,17H,2-6,11H2,1H3,(H,21,22)/t15-,17+/m1/s1. The van der Waals surface area contributed by atoms with Gasteiger partial charge in [-0.3, -0.25) is 9.59 Å². The van der Waals surface area contributed by atoms with Crippen molar-refractivity contribution in [2.75, 3.05) is 7.11 Å². The first-order valence-electron chi connectivity index (χ1n) is 8.29. The summed E-state index contributed by atoms with van der Waals surface area (Å²) in [6.45, 7) is 0. The normalized spacial score (nSPS) is 25.6. The Morgan fingerprint density at radius 1 is 1.17 bits per heavy atom. The van der Waals surface area contributed by atoms with Crippen LogP contribution in [0.3, 0.4) is 0 Å². The molecule has 0 spiro atoms. The van der Waals surface area contributed by atoms with Crippen LogP contribution in [0.1, 0.15) is 50.1 Å². The summed E-state index contributed by atoms with van der Waals surface area (Å²) in [5.41, 5.74) is 0.884. The minimum atomic E-state index is -0.891. The second-order valence-corrected chi connectivity index (χ2v) is 6.46. The van der Waals surface area contributed by atoms with Crippen molar-refractivity contribution in [3.63, 3.8) is 0 Å². The van der Waals surface area contributed by atoms with Gasteiger partial charge in [-0.15, -0.1) is 0 Å². The fraction of sp³-hybridized carbons (Fsp3) is 0.556. The number of likely N-dealkylation sites (tertiary alicyclic amines) is 1. The maximum absolute atomic E-state index is 12.5. The Hall–Kier alpha value is -2.04. The van der Waals surface area contributed by atoms with Gasteiger partial charge in [0.15, 0.2) is 0 Å². The Balaban J connectivity index is 1.94. The van der Waals surface area contributed by atoms with Gasteiger partial charge in [-0.1, -0.05) is 31.4 Å². The number of hydrogen-bond donors (Lipinski definition) is 1. The molecule has 1 heterocycles. The summed E-state index contributed by atoms with van der Waals surface area (Å²) in [5.74, 6) is -0.852. The summed E-state index contributed by atoms with van der Waals surface area (Å²) in [5, 5.41) is 9.58. The van der Waals surface area contributed by atoms with Gasteiger partial charge in [0.1, 0.15) is 5.75 Å². The van der Waals surface area contributed by atoms with Gasteiger partial charge in [-0.25, -0.2) is 0 Å². The molecule has 2 fully saturated rings. The highest BCUT2D eigenvalue weighted by molar-refractivity contribution is 5.87. The van der Waals surface area contributed by atoms with Crippen LogP contribution in [0.25, 0.3) is 0 Å². The zero-order valence-corrected chi connectivity index (χ0v) is 13.4. The molecule has 3 rings (SSSR count). The second-order valence-electron chi connectivity index (χ2n) is 6.46. The van der Waals surface area contributed by atoms with Crippen LogP contribution in [0, 0.1) is 5.92 Å². The molecule has 0 bridgehead atoms. The zero-order valence-electron chi connectivity index (χ0n) is 13.4. The molecule has 5 nitrogen and oxygen atoms in total. The number of carboxylic acid groups (broad SMARTS) is 1. The molecule has 1 aliphatic heterocycles. The first kappa shape index (κ1) is 15.8. The molecule has 1 amide bonds. The molecule has 1 aliphatic carbocycles. The summed E-state index contributed by atoms with van der Waals surface area (Å²) in [6, 6.07) is 7.23. The van der Waals surface area contributed by atoms with Gasteiger partial charge in [-0.2, -0.15) is 0 Å². The van der Waals surface area contributed by atoms with Crippen molar-refractivity contribution in [3.05, 3.63) is 29.8 Å².